The van der Waals surface area contributed by atoms with Gasteiger partial charge >= 0.3 is 0 Å². The van der Waals surface area contributed by atoms with E-state index < -0.39 is 0 Å². The molecule has 0 radical (unpaired) electrons. The molecule has 0 saturated carbocycles. The van der Waals surface area contributed by atoms with E-state index in [2.05, 4.69) is 53.0 Å². The second kappa shape index (κ2) is 13.0. The Morgan fingerprint density at radius 2 is 1.62 bits per heavy atom. The van der Waals surface area contributed by atoms with Crippen molar-refractivity contribution < 1.29 is 9.53 Å². The van der Waals surface area contributed by atoms with Crippen molar-refractivity contribution in [1.29, 1.82) is 0 Å². The molecule has 2 aromatic carbocycles. The molecule has 2 aromatic rings. The van der Waals surface area contributed by atoms with Gasteiger partial charge < -0.3 is 20.7 Å². The van der Waals surface area contributed by atoms with Crippen LogP contribution in [0.4, 0.5) is 0 Å². The third-order valence-corrected chi connectivity index (χ3v) is 4.25. The molecule has 3 N–H and O–H groups in total. The number of hydrogen-bond acceptors (Lipinski definition) is 3. The molecule has 2 rings (SSSR count). The molecule has 29 heavy (non-hydrogen) atoms. The van der Waals surface area contributed by atoms with Crippen molar-refractivity contribution >= 4 is 35.8 Å². The molecule has 6 nitrogen and oxygen atoms in total. The highest BCUT2D eigenvalue weighted by atomic mass is 127. The highest BCUT2D eigenvalue weighted by Gasteiger charge is 2.06. The summed E-state index contributed by atoms with van der Waals surface area (Å²) in [4.78, 5) is 16.4. The maximum Gasteiger partial charge on any atom is 0.251 e. The number of methoxy groups -OCH3 is 1. The molecule has 0 heterocycles. The SMILES string of the molecule is CN=C(NCCNC(=O)c1cccc(OC)c1)NCCc1cc(C)cc(C)c1.I. The molecular weight excluding hydrogens is 479 g/mol. The molecule has 0 atom stereocenters. The first-order valence-electron chi connectivity index (χ1n) is 9.45. The predicted molar refractivity (Wildman–Crippen MR) is 130 cm³/mol. The van der Waals surface area contributed by atoms with Crippen LogP contribution in [0.15, 0.2) is 47.5 Å². The van der Waals surface area contributed by atoms with Crippen LogP contribution in [0.3, 0.4) is 0 Å². The Morgan fingerprint density at radius 1 is 0.966 bits per heavy atom. The number of carbonyl (C=O) groups excluding carboxylic acids is 1. The summed E-state index contributed by atoms with van der Waals surface area (Å²) in [5.74, 6) is 1.26. The summed E-state index contributed by atoms with van der Waals surface area (Å²) in [6.07, 6.45) is 0.926. The monoisotopic (exact) mass is 510 g/mol. The third kappa shape index (κ3) is 8.72. The zero-order valence-corrected chi connectivity index (χ0v) is 19.9. The maximum atomic E-state index is 12.2. The van der Waals surface area contributed by atoms with Gasteiger partial charge in [0.2, 0.25) is 0 Å². The fraction of sp³-hybridized carbons (Fsp3) is 0.364. The van der Waals surface area contributed by atoms with Crippen molar-refractivity contribution in [2.75, 3.05) is 33.8 Å². The molecule has 0 aromatic heterocycles. The summed E-state index contributed by atoms with van der Waals surface area (Å²) in [6, 6.07) is 13.7. The fourth-order valence-corrected chi connectivity index (χ4v) is 2.98. The number of aryl methyl sites for hydroxylation is 2. The number of hydrogen-bond donors (Lipinski definition) is 3. The number of nitrogens with zero attached hydrogens (tertiary/aromatic N) is 1. The summed E-state index contributed by atoms with van der Waals surface area (Å²) < 4.78 is 5.14. The first kappa shape index (κ1) is 24.7. The first-order chi connectivity index (χ1) is 13.5. The zero-order valence-electron chi connectivity index (χ0n) is 17.5. The van der Waals surface area contributed by atoms with E-state index >= 15 is 0 Å². The zero-order chi connectivity index (χ0) is 20.4. The Hall–Kier alpha value is -2.29. The highest BCUT2D eigenvalue weighted by molar-refractivity contribution is 14.0. The van der Waals surface area contributed by atoms with Crippen molar-refractivity contribution in [3.05, 3.63) is 64.7 Å². The van der Waals surface area contributed by atoms with E-state index in [1.165, 1.54) is 16.7 Å². The Balaban J connectivity index is 0.00000420. The van der Waals surface area contributed by atoms with Gasteiger partial charge in [0.1, 0.15) is 5.75 Å². The Labute approximate surface area is 190 Å². The van der Waals surface area contributed by atoms with Crippen LogP contribution < -0.4 is 20.7 Å². The lowest BCUT2D eigenvalue weighted by Gasteiger charge is -2.13. The van der Waals surface area contributed by atoms with Gasteiger partial charge in [-0.1, -0.05) is 35.4 Å². The molecule has 7 heteroatoms. The second-order valence-corrected chi connectivity index (χ2v) is 6.66. The van der Waals surface area contributed by atoms with Gasteiger partial charge in [-0.3, -0.25) is 9.79 Å². The van der Waals surface area contributed by atoms with Gasteiger partial charge in [-0.05, 0) is 44.0 Å². The highest BCUT2D eigenvalue weighted by Crippen LogP contribution is 2.12. The molecule has 0 aliphatic heterocycles. The van der Waals surface area contributed by atoms with Crippen molar-refractivity contribution in [3.63, 3.8) is 0 Å². The topological polar surface area (TPSA) is 74.8 Å². The number of amides is 1. The molecule has 0 fully saturated rings. The molecule has 0 unspecified atom stereocenters. The quantitative estimate of drug-likeness (QED) is 0.221. The van der Waals surface area contributed by atoms with Crippen LogP contribution in [0, 0.1) is 13.8 Å². The van der Waals surface area contributed by atoms with Crippen molar-refractivity contribution in [3.8, 4) is 5.75 Å². The van der Waals surface area contributed by atoms with Gasteiger partial charge in [0.25, 0.3) is 5.91 Å². The number of guanidine groups is 1. The number of benzene rings is 2. The van der Waals surface area contributed by atoms with E-state index in [9.17, 15) is 4.79 Å². The van der Waals surface area contributed by atoms with Crippen LogP contribution in [0.5, 0.6) is 5.75 Å². The van der Waals surface area contributed by atoms with Crippen LogP contribution in [0.1, 0.15) is 27.0 Å². The minimum atomic E-state index is -0.126. The normalized spacial score (nSPS) is 10.7. The largest absolute Gasteiger partial charge is 0.497 e. The molecule has 1 amide bonds. The Morgan fingerprint density at radius 3 is 2.28 bits per heavy atom. The van der Waals surface area contributed by atoms with Crippen molar-refractivity contribution in [1.82, 2.24) is 16.0 Å². The molecular formula is C22H31IN4O2. The lowest BCUT2D eigenvalue weighted by atomic mass is 10.1. The number of ether oxygens (including phenoxy) is 1. The van der Waals surface area contributed by atoms with Gasteiger partial charge in [0, 0.05) is 32.2 Å². The summed E-state index contributed by atoms with van der Waals surface area (Å²) in [7, 11) is 3.32. The number of rotatable bonds is 8. The number of halogens is 1. The second-order valence-electron chi connectivity index (χ2n) is 6.66. The number of nitrogens with one attached hydrogen (secondary N) is 3. The van der Waals surface area contributed by atoms with Crippen molar-refractivity contribution in [2.45, 2.75) is 20.3 Å². The molecule has 158 valence electrons. The molecule has 0 aliphatic carbocycles. The lowest BCUT2D eigenvalue weighted by molar-refractivity contribution is 0.0954. The van der Waals surface area contributed by atoms with Crippen LogP contribution in [-0.4, -0.2) is 45.7 Å². The smallest absolute Gasteiger partial charge is 0.251 e. The van der Waals surface area contributed by atoms with E-state index in [0.717, 1.165) is 18.9 Å². The fourth-order valence-electron chi connectivity index (χ4n) is 2.98. The number of carbonyl (C=O) groups is 1. The van der Waals surface area contributed by atoms with Gasteiger partial charge in [0.05, 0.1) is 7.11 Å². The van der Waals surface area contributed by atoms with E-state index in [1.807, 2.05) is 6.07 Å². The third-order valence-electron chi connectivity index (χ3n) is 4.25. The molecule has 0 saturated heterocycles. The van der Waals surface area contributed by atoms with Crippen molar-refractivity contribution in [2.24, 2.45) is 4.99 Å². The Bertz CT molecular complexity index is 804. The number of aliphatic imine (C=N–C) groups is 1. The summed E-state index contributed by atoms with van der Waals surface area (Å²) in [5, 5.41) is 9.39. The Kier molecular flexibility index (Phi) is 11.1. The van der Waals surface area contributed by atoms with E-state index in [4.69, 9.17) is 4.74 Å². The van der Waals surface area contributed by atoms with Gasteiger partial charge in [-0.15, -0.1) is 24.0 Å². The minimum absolute atomic E-state index is 0. The predicted octanol–water partition coefficient (Wildman–Crippen LogP) is 3.07. The summed E-state index contributed by atoms with van der Waals surface area (Å²) in [6.45, 7) is 6.10. The van der Waals surface area contributed by atoms with E-state index in [1.54, 1.807) is 32.4 Å². The average Bonchev–Trinajstić information content (AvgIpc) is 2.68. The summed E-state index contributed by atoms with van der Waals surface area (Å²) >= 11 is 0. The minimum Gasteiger partial charge on any atom is -0.497 e. The average molecular weight is 510 g/mol. The standard InChI is InChI=1S/C22H30N4O2.HI/c1-16-12-17(2)14-18(13-16)8-9-25-22(23-3)26-11-10-24-21(27)19-6-5-7-20(15-19)28-4;/h5-7,12-15H,8-11H2,1-4H3,(H,24,27)(H2,23,25,26);1H. The maximum absolute atomic E-state index is 12.2. The van der Waals surface area contributed by atoms with Gasteiger partial charge in [-0.25, -0.2) is 0 Å². The van der Waals surface area contributed by atoms with E-state index in [0.29, 0.717) is 24.4 Å². The van der Waals surface area contributed by atoms with E-state index in [-0.39, 0.29) is 29.9 Å². The lowest BCUT2D eigenvalue weighted by Crippen LogP contribution is -2.42. The van der Waals surface area contributed by atoms with Gasteiger partial charge in [0.15, 0.2) is 5.96 Å². The van der Waals surface area contributed by atoms with Gasteiger partial charge in [-0.2, -0.15) is 0 Å². The van der Waals surface area contributed by atoms with Crippen LogP contribution in [0.25, 0.3) is 0 Å². The first-order valence-corrected chi connectivity index (χ1v) is 9.45. The molecule has 0 spiro atoms. The van der Waals surface area contributed by atoms with Crippen LogP contribution in [0.2, 0.25) is 0 Å². The van der Waals surface area contributed by atoms with Crippen LogP contribution >= 0.6 is 24.0 Å². The molecule has 0 bridgehead atoms. The van der Waals surface area contributed by atoms with Crippen LogP contribution in [-0.2, 0) is 6.42 Å². The molecule has 0 aliphatic rings. The summed E-state index contributed by atoms with van der Waals surface area (Å²) in [5.41, 5.74) is 4.45.